The second kappa shape index (κ2) is 8.74. The molecule has 0 aliphatic heterocycles. The van der Waals surface area contributed by atoms with Gasteiger partial charge in [0.05, 0.1) is 14.1 Å². The Morgan fingerprint density at radius 2 is 1.97 bits per heavy atom. The van der Waals surface area contributed by atoms with Crippen molar-refractivity contribution in [1.29, 1.82) is 0 Å². The number of benzene rings is 2. The maximum Gasteiger partial charge on any atom is 0.270 e. The van der Waals surface area contributed by atoms with Crippen LogP contribution in [0.2, 0.25) is 0 Å². The lowest BCUT2D eigenvalue weighted by atomic mass is 10.1. The second-order valence-electron chi connectivity index (χ2n) is 6.36. The molecule has 0 aliphatic rings. The number of non-ortho nitro benzene ring substituents is 1. The fourth-order valence-electron chi connectivity index (χ4n) is 2.66. The van der Waals surface area contributed by atoms with E-state index in [2.05, 4.69) is 6.58 Å². The molecule has 1 heterocycles. The highest BCUT2D eigenvalue weighted by atomic mass is 32.1. The van der Waals surface area contributed by atoms with E-state index in [0.717, 1.165) is 11.3 Å². The average Bonchev–Trinajstić information content (AvgIpc) is 2.92. The number of ether oxygens (including phenoxy) is 2. The van der Waals surface area contributed by atoms with E-state index < -0.39 is 4.92 Å². The molecule has 8 heteroatoms. The van der Waals surface area contributed by atoms with Gasteiger partial charge in [0, 0.05) is 24.7 Å². The van der Waals surface area contributed by atoms with Gasteiger partial charge in [0.15, 0.2) is 0 Å². The number of nitrogens with zero attached hydrogens (tertiary/aromatic N) is 2. The van der Waals surface area contributed by atoms with Gasteiger partial charge in [-0.2, -0.15) is 0 Å². The third-order valence-corrected chi connectivity index (χ3v) is 5.23. The van der Waals surface area contributed by atoms with Gasteiger partial charge in [0.25, 0.3) is 11.2 Å². The van der Waals surface area contributed by atoms with Gasteiger partial charge >= 0.3 is 0 Å². The molecule has 1 aromatic heterocycles. The van der Waals surface area contributed by atoms with E-state index in [4.69, 9.17) is 9.47 Å². The minimum absolute atomic E-state index is 0.0807. The zero-order valence-electron chi connectivity index (χ0n) is 16.1. The second-order valence-corrected chi connectivity index (χ2v) is 7.48. The maximum atomic E-state index is 12.3. The quantitative estimate of drug-likeness (QED) is 0.338. The first-order valence-corrected chi connectivity index (χ1v) is 9.64. The molecule has 150 valence electrons. The van der Waals surface area contributed by atoms with Gasteiger partial charge in [-0.25, -0.2) is 0 Å². The molecule has 7 nitrogen and oxygen atoms in total. The number of nitro groups is 1. The lowest BCUT2D eigenvalue weighted by Gasteiger charge is -2.11. The van der Waals surface area contributed by atoms with Gasteiger partial charge < -0.3 is 14.0 Å². The molecular formula is C21H20N2O5S. The van der Waals surface area contributed by atoms with Gasteiger partial charge in [0.1, 0.15) is 24.7 Å². The molecule has 29 heavy (non-hydrogen) atoms. The van der Waals surface area contributed by atoms with Crippen LogP contribution in [-0.2, 0) is 7.05 Å². The van der Waals surface area contributed by atoms with E-state index in [0.29, 0.717) is 27.1 Å². The third-order valence-electron chi connectivity index (χ3n) is 4.21. The Morgan fingerprint density at radius 3 is 2.62 bits per heavy atom. The zero-order chi connectivity index (χ0) is 21.0. The summed E-state index contributed by atoms with van der Waals surface area (Å²) < 4.78 is 13.9. The van der Waals surface area contributed by atoms with Crippen molar-refractivity contribution in [2.45, 2.75) is 6.92 Å². The summed E-state index contributed by atoms with van der Waals surface area (Å²) in [6, 6.07) is 12.0. The highest BCUT2D eigenvalue weighted by Gasteiger charge is 2.11. The summed E-state index contributed by atoms with van der Waals surface area (Å²) in [6.45, 7) is 6.35. The third kappa shape index (κ3) is 4.91. The van der Waals surface area contributed by atoms with E-state index in [1.54, 1.807) is 13.1 Å². The topological polar surface area (TPSA) is 83.6 Å². The van der Waals surface area contributed by atoms with Crippen LogP contribution in [0.15, 0.2) is 47.3 Å². The molecular weight excluding hydrogens is 392 g/mol. The van der Waals surface area contributed by atoms with Crippen LogP contribution in [0.4, 0.5) is 5.69 Å². The molecule has 0 spiro atoms. The SMILES string of the molecule is C=c1s/c(=C\c2cc([N+](=O)[O-])ccc2OCCOc2cccc(C)c2)c(=O)n1C. The highest BCUT2D eigenvalue weighted by Crippen LogP contribution is 2.25. The molecule has 0 N–H and O–H groups in total. The average molecular weight is 412 g/mol. The van der Waals surface area contributed by atoms with E-state index >= 15 is 0 Å². The number of aryl methyl sites for hydroxylation is 1. The predicted octanol–water partition coefficient (Wildman–Crippen LogP) is 2.36. The Bertz CT molecular complexity index is 1210. The molecule has 0 amide bonds. The number of rotatable bonds is 7. The lowest BCUT2D eigenvalue weighted by Crippen LogP contribution is -2.28. The van der Waals surface area contributed by atoms with E-state index in [-0.39, 0.29) is 17.9 Å². The van der Waals surface area contributed by atoms with Crippen molar-refractivity contribution in [3.05, 3.63) is 83.3 Å². The van der Waals surface area contributed by atoms with Gasteiger partial charge in [-0.3, -0.25) is 14.9 Å². The molecule has 0 saturated carbocycles. The standard InChI is InChI=1S/C21H20N2O5S/c1-14-5-4-6-18(11-14)27-9-10-28-19-8-7-17(23(25)26)12-16(19)13-20-21(24)22(3)15(2)29-20/h4-8,11-13H,2,9-10H2,1,3H3/b20-13-. The van der Waals surface area contributed by atoms with Crippen molar-refractivity contribution >= 4 is 29.7 Å². The van der Waals surface area contributed by atoms with Crippen LogP contribution in [-0.4, -0.2) is 22.7 Å². The zero-order valence-corrected chi connectivity index (χ0v) is 16.9. The summed E-state index contributed by atoms with van der Waals surface area (Å²) >= 11 is 1.22. The van der Waals surface area contributed by atoms with Crippen LogP contribution in [0.5, 0.6) is 11.5 Å². The number of aromatic nitrogens is 1. The molecule has 2 aromatic carbocycles. The first kappa shape index (κ1) is 20.3. The van der Waals surface area contributed by atoms with E-state index in [1.807, 2.05) is 31.2 Å². The molecule has 0 unspecified atom stereocenters. The fourth-order valence-corrected chi connectivity index (χ4v) is 3.54. The van der Waals surface area contributed by atoms with Crippen molar-refractivity contribution in [2.24, 2.45) is 7.05 Å². The minimum Gasteiger partial charge on any atom is -0.490 e. The van der Waals surface area contributed by atoms with Gasteiger partial charge in [-0.15, -0.1) is 11.3 Å². The smallest absolute Gasteiger partial charge is 0.270 e. The monoisotopic (exact) mass is 412 g/mol. The van der Waals surface area contributed by atoms with Crippen molar-refractivity contribution in [3.63, 3.8) is 0 Å². The van der Waals surface area contributed by atoms with Crippen molar-refractivity contribution in [1.82, 2.24) is 4.57 Å². The maximum absolute atomic E-state index is 12.3. The van der Waals surface area contributed by atoms with E-state index in [1.165, 1.54) is 34.1 Å². The molecule has 0 saturated heterocycles. The Labute approximate surface area is 170 Å². The van der Waals surface area contributed by atoms with Crippen LogP contribution in [0.1, 0.15) is 11.1 Å². The predicted molar refractivity (Wildman–Crippen MR) is 113 cm³/mol. The van der Waals surface area contributed by atoms with Gasteiger partial charge in [0.2, 0.25) is 0 Å². The number of hydrogen-bond acceptors (Lipinski definition) is 6. The summed E-state index contributed by atoms with van der Waals surface area (Å²) in [7, 11) is 1.63. The Hall–Kier alpha value is -3.39. The van der Waals surface area contributed by atoms with Crippen LogP contribution in [0.3, 0.4) is 0 Å². The molecule has 3 rings (SSSR count). The Balaban J connectivity index is 1.82. The largest absolute Gasteiger partial charge is 0.490 e. The molecule has 0 fully saturated rings. The summed E-state index contributed by atoms with van der Waals surface area (Å²) in [6.07, 6.45) is 1.59. The summed E-state index contributed by atoms with van der Waals surface area (Å²) in [4.78, 5) is 22.9. The number of nitro benzene ring substituents is 1. The number of thiazole rings is 1. The lowest BCUT2D eigenvalue weighted by molar-refractivity contribution is -0.384. The molecule has 0 radical (unpaired) electrons. The first-order valence-electron chi connectivity index (χ1n) is 8.82. The summed E-state index contributed by atoms with van der Waals surface area (Å²) in [5.74, 6) is 1.18. The Kier molecular flexibility index (Phi) is 6.13. The first-order chi connectivity index (χ1) is 13.8. The van der Waals surface area contributed by atoms with Crippen molar-refractivity contribution in [3.8, 4) is 11.5 Å². The van der Waals surface area contributed by atoms with Gasteiger partial charge in [-0.1, -0.05) is 18.7 Å². The molecule has 0 aliphatic carbocycles. The summed E-state index contributed by atoms with van der Waals surface area (Å²) in [5, 5.41) is 11.1. The van der Waals surface area contributed by atoms with Crippen LogP contribution in [0, 0.1) is 17.0 Å². The number of hydrogen-bond donors (Lipinski definition) is 0. The normalized spacial score (nSPS) is 11.4. The summed E-state index contributed by atoms with van der Waals surface area (Å²) in [5.41, 5.74) is 1.26. The van der Waals surface area contributed by atoms with Gasteiger partial charge in [-0.05, 0) is 36.8 Å². The molecule has 0 bridgehead atoms. The Morgan fingerprint density at radius 1 is 1.21 bits per heavy atom. The van der Waals surface area contributed by atoms with E-state index in [9.17, 15) is 14.9 Å². The molecule has 3 aromatic rings. The minimum atomic E-state index is -0.485. The fraction of sp³-hybridized carbons (Fsp3) is 0.190. The van der Waals surface area contributed by atoms with Crippen LogP contribution < -0.4 is 24.2 Å². The highest BCUT2D eigenvalue weighted by molar-refractivity contribution is 7.07. The molecule has 0 atom stereocenters. The van der Waals surface area contributed by atoms with Crippen molar-refractivity contribution in [2.75, 3.05) is 13.2 Å². The van der Waals surface area contributed by atoms with Crippen LogP contribution in [0.25, 0.3) is 12.7 Å². The van der Waals surface area contributed by atoms with Crippen LogP contribution >= 0.6 is 11.3 Å². The van der Waals surface area contributed by atoms with Crippen molar-refractivity contribution < 1.29 is 14.4 Å².